The van der Waals surface area contributed by atoms with E-state index in [1.54, 1.807) is 0 Å². The first kappa shape index (κ1) is 10.8. The van der Waals surface area contributed by atoms with Gasteiger partial charge in [-0.15, -0.1) is 0 Å². The standard InChI is InChI=1S/C10H14O4/c1-5-3-7(9(11)12)8(10(13)14)4-6(5)2/h7-8H,3-4H2,1-2H3,(H,11,12)(H,13,14)/t7-,8-/m1/s1. The van der Waals surface area contributed by atoms with Gasteiger partial charge in [-0.05, 0) is 26.7 Å². The predicted molar refractivity (Wildman–Crippen MR) is 49.9 cm³/mol. The molecule has 2 N–H and O–H groups in total. The summed E-state index contributed by atoms with van der Waals surface area (Å²) in [5.74, 6) is -3.55. The van der Waals surface area contributed by atoms with E-state index in [0.717, 1.165) is 11.1 Å². The zero-order valence-corrected chi connectivity index (χ0v) is 8.28. The number of carboxylic acids is 2. The Morgan fingerprint density at radius 2 is 1.29 bits per heavy atom. The molecule has 78 valence electrons. The van der Waals surface area contributed by atoms with Crippen LogP contribution in [0.25, 0.3) is 0 Å². The van der Waals surface area contributed by atoms with E-state index in [1.807, 2.05) is 13.8 Å². The average Bonchev–Trinajstić information content (AvgIpc) is 2.08. The number of allylic oxidation sites excluding steroid dienone is 2. The van der Waals surface area contributed by atoms with E-state index in [1.165, 1.54) is 0 Å². The molecule has 0 aromatic carbocycles. The molecule has 2 atom stereocenters. The van der Waals surface area contributed by atoms with Gasteiger partial charge < -0.3 is 10.2 Å². The number of carbonyl (C=O) groups is 2. The maximum absolute atomic E-state index is 10.8. The van der Waals surface area contributed by atoms with Crippen LogP contribution in [0.15, 0.2) is 11.1 Å². The minimum atomic E-state index is -1.01. The molecule has 1 aliphatic rings. The van der Waals surface area contributed by atoms with Gasteiger partial charge in [0.15, 0.2) is 0 Å². The molecule has 14 heavy (non-hydrogen) atoms. The van der Waals surface area contributed by atoms with Gasteiger partial charge in [0.25, 0.3) is 0 Å². The number of hydrogen-bond donors (Lipinski definition) is 2. The molecule has 4 heteroatoms. The van der Waals surface area contributed by atoms with Crippen LogP contribution in [-0.4, -0.2) is 22.2 Å². The average molecular weight is 198 g/mol. The van der Waals surface area contributed by atoms with E-state index < -0.39 is 23.8 Å². The second kappa shape index (κ2) is 3.82. The monoisotopic (exact) mass is 198 g/mol. The Morgan fingerprint density at radius 3 is 1.50 bits per heavy atom. The highest BCUT2D eigenvalue weighted by Crippen LogP contribution is 2.34. The van der Waals surface area contributed by atoms with E-state index in [2.05, 4.69) is 0 Å². The second-order valence-corrected chi connectivity index (χ2v) is 3.86. The molecule has 1 rings (SSSR count). The Balaban J connectivity index is 2.95. The Bertz CT molecular complexity index is 273. The molecule has 0 spiro atoms. The van der Waals surface area contributed by atoms with Gasteiger partial charge >= 0.3 is 11.9 Å². The van der Waals surface area contributed by atoms with Crippen LogP contribution < -0.4 is 0 Å². The lowest BCUT2D eigenvalue weighted by Gasteiger charge is -2.27. The van der Waals surface area contributed by atoms with Crippen molar-refractivity contribution in [3.63, 3.8) is 0 Å². The summed E-state index contributed by atoms with van der Waals surface area (Å²) in [5.41, 5.74) is 2.02. The van der Waals surface area contributed by atoms with Gasteiger partial charge in [-0.2, -0.15) is 0 Å². The minimum Gasteiger partial charge on any atom is -0.481 e. The number of rotatable bonds is 2. The summed E-state index contributed by atoms with van der Waals surface area (Å²) >= 11 is 0. The molecule has 0 heterocycles. The molecule has 0 saturated carbocycles. The summed E-state index contributed by atoms with van der Waals surface area (Å²) in [7, 11) is 0. The lowest BCUT2D eigenvalue weighted by atomic mass is 9.76. The SMILES string of the molecule is CC1=C(C)C[C@@H](C(=O)O)[C@H](C(=O)O)C1. The van der Waals surface area contributed by atoms with Gasteiger partial charge in [-0.1, -0.05) is 11.1 Å². The molecule has 1 aliphatic carbocycles. The van der Waals surface area contributed by atoms with E-state index in [0.29, 0.717) is 12.8 Å². The lowest BCUT2D eigenvalue weighted by Crippen LogP contribution is -2.33. The first-order chi connectivity index (χ1) is 6.43. The minimum absolute atomic E-state index is 0.359. The van der Waals surface area contributed by atoms with Crippen LogP contribution in [0.1, 0.15) is 26.7 Å². The highest BCUT2D eigenvalue weighted by molar-refractivity contribution is 5.81. The number of carboxylic acid groups (broad SMARTS) is 2. The fraction of sp³-hybridized carbons (Fsp3) is 0.600. The first-order valence-electron chi connectivity index (χ1n) is 4.54. The quantitative estimate of drug-likeness (QED) is 0.659. The number of hydrogen-bond acceptors (Lipinski definition) is 2. The maximum Gasteiger partial charge on any atom is 0.307 e. The van der Waals surface area contributed by atoms with Crippen LogP contribution in [-0.2, 0) is 9.59 Å². The first-order valence-corrected chi connectivity index (χ1v) is 4.54. The molecule has 0 saturated heterocycles. The molecule has 0 aromatic heterocycles. The Hall–Kier alpha value is -1.32. The molecule has 0 unspecified atom stereocenters. The summed E-state index contributed by atoms with van der Waals surface area (Å²) in [6.07, 6.45) is 0.719. The van der Waals surface area contributed by atoms with Crippen LogP contribution in [0.5, 0.6) is 0 Å². The summed E-state index contributed by atoms with van der Waals surface area (Å²) in [5, 5.41) is 17.8. The van der Waals surface area contributed by atoms with Gasteiger partial charge in [-0.25, -0.2) is 0 Å². The molecule has 0 bridgehead atoms. The van der Waals surface area contributed by atoms with Crippen LogP contribution in [0, 0.1) is 11.8 Å². The highest BCUT2D eigenvalue weighted by atomic mass is 16.4. The third-order valence-electron chi connectivity index (χ3n) is 2.90. The molecule has 0 radical (unpaired) electrons. The van der Waals surface area contributed by atoms with E-state index in [-0.39, 0.29) is 0 Å². The van der Waals surface area contributed by atoms with Crippen molar-refractivity contribution >= 4 is 11.9 Å². The van der Waals surface area contributed by atoms with Crippen LogP contribution in [0.4, 0.5) is 0 Å². The van der Waals surface area contributed by atoms with Crippen molar-refractivity contribution in [2.24, 2.45) is 11.8 Å². The summed E-state index contributed by atoms with van der Waals surface area (Å²) in [6, 6.07) is 0. The molecular weight excluding hydrogens is 184 g/mol. The molecule has 0 aromatic rings. The molecule has 0 aliphatic heterocycles. The van der Waals surface area contributed by atoms with E-state index in [4.69, 9.17) is 10.2 Å². The van der Waals surface area contributed by atoms with Gasteiger partial charge in [-0.3, -0.25) is 9.59 Å². The molecule has 0 fully saturated rings. The topological polar surface area (TPSA) is 74.6 Å². The van der Waals surface area contributed by atoms with Crippen molar-refractivity contribution in [1.82, 2.24) is 0 Å². The van der Waals surface area contributed by atoms with Crippen LogP contribution in [0.3, 0.4) is 0 Å². The third kappa shape index (κ3) is 1.95. The fourth-order valence-electron chi connectivity index (χ4n) is 1.81. The summed E-state index contributed by atoms with van der Waals surface area (Å²) in [6.45, 7) is 3.73. The van der Waals surface area contributed by atoms with Crippen LogP contribution in [0.2, 0.25) is 0 Å². The van der Waals surface area contributed by atoms with Crippen molar-refractivity contribution in [3.8, 4) is 0 Å². The number of aliphatic carboxylic acids is 2. The smallest absolute Gasteiger partial charge is 0.307 e. The van der Waals surface area contributed by atoms with Crippen molar-refractivity contribution in [1.29, 1.82) is 0 Å². The van der Waals surface area contributed by atoms with Crippen molar-refractivity contribution in [3.05, 3.63) is 11.1 Å². The summed E-state index contributed by atoms with van der Waals surface area (Å²) < 4.78 is 0. The van der Waals surface area contributed by atoms with Gasteiger partial charge in [0, 0.05) is 0 Å². The molecular formula is C10H14O4. The Labute approximate surface area is 82.2 Å². The zero-order valence-electron chi connectivity index (χ0n) is 8.28. The van der Waals surface area contributed by atoms with Gasteiger partial charge in [0.1, 0.15) is 0 Å². The fourth-order valence-corrected chi connectivity index (χ4v) is 1.81. The molecule has 4 nitrogen and oxygen atoms in total. The second-order valence-electron chi connectivity index (χ2n) is 3.86. The van der Waals surface area contributed by atoms with Crippen molar-refractivity contribution in [2.75, 3.05) is 0 Å². The van der Waals surface area contributed by atoms with Gasteiger partial charge in [0.05, 0.1) is 11.8 Å². The Kier molecular flexibility index (Phi) is 2.93. The highest BCUT2D eigenvalue weighted by Gasteiger charge is 2.37. The largest absolute Gasteiger partial charge is 0.481 e. The Morgan fingerprint density at radius 1 is 1.00 bits per heavy atom. The predicted octanol–water partition coefficient (Wildman–Crippen LogP) is 1.52. The normalized spacial score (nSPS) is 27.6. The van der Waals surface area contributed by atoms with Gasteiger partial charge in [0.2, 0.25) is 0 Å². The summed E-state index contributed by atoms with van der Waals surface area (Å²) in [4.78, 5) is 21.7. The molecule has 0 amide bonds. The van der Waals surface area contributed by atoms with Crippen LogP contribution >= 0.6 is 0 Å². The lowest BCUT2D eigenvalue weighted by molar-refractivity contribution is -0.154. The van der Waals surface area contributed by atoms with Crippen molar-refractivity contribution in [2.45, 2.75) is 26.7 Å². The zero-order chi connectivity index (χ0) is 10.9. The van der Waals surface area contributed by atoms with E-state index in [9.17, 15) is 9.59 Å². The van der Waals surface area contributed by atoms with E-state index >= 15 is 0 Å². The third-order valence-corrected chi connectivity index (χ3v) is 2.90. The van der Waals surface area contributed by atoms with Crippen molar-refractivity contribution < 1.29 is 19.8 Å². The maximum atomic E-state index is 10.8.